The predicted molar refractivity (Wildman–Crippen MR) is 79.8 cm³/mol. The Morgan fingerprint density at radius 3 is 2.85 bits per heavy atom. The van der Waals surface area contributed by atoms with E-state index >= 15 is 0 Å². The number of pyridine rings is 1. The van der Waals surface area contributed by atoms with Crippen LogP contribution >= 0.6 is 0 Å². The lowest BCUT2D eigenvalue weighted by Crippen LogP contribution is -2.34. The lowest BCUT2D eigenvalue weighted by Gasteiger charge is -2.19. The van der Waals surface area contributed by atoms with Crippen molar-refractivity contribution in [3.8, 4) is 0 Å². The van der Waals surface area contributed by atoms with Crippen LogP contribution in [-0.4, -0.2) is 43.9 Å². The highest BCUT2D eigenvalue weighted by Gasteiger charge is 2.21. The molecule has 0 aromatic carbocycles. The van der Waals surface area contributed by atoms with Crippen LogP contribution in [0.4, 0.5) is 5.69 Å². The summed E-state index contributed by atoms with van der Waals surface area (Å²) in [6.07, 6.45) is 6.51. The summed E-state index contributed by atoms with van der Waals surface area (Å²) in [6, 6.07) is 2.32. The Hall–Kier alpha value is -1.18. The molecule has 0 bridgehead atoms. The molecule has 1 aliphatic carbocycles. The number of aryl methyl sites for hydroxylation is 1. The Labute approximate surface area is 120 Å². The molecule has 0 amide bonds. The first kappa shape index (κ1) is 15.2. The van der Waals surface area contributed by atoms with Crippen molar-refractivity contribution in [1.82, 2.24) is 14.6 Å². The molecule has 7 heteroatoms. The second-order valence-electron chi connectivity index (χ2n) is 5.20. The minimum Gasteiger partial charge on any atom is -0.314 e. The molecular weight excluding hydrogens is 276 g/mol. The van der Waals surface area contributed by atoms with Crippen molar-refractivity contribution in [2.24, 2.45) is 0 Å². The molecule has 0 spiro atoms. The zero-order valence-electron chi connectivity index (χ0n) is 12.0. The van der Waals surface area contributed by atoms with Crippen LogP contribution in [0.25, 0.3) is 0 Å². The largest absolute Gasteiger partial charge is 0.314 e. The van der Waals surface area contributed by atoms with Gasteiger partial charge in [0.15, 0.2) is 0 Å². The molecule has 1 saturated carbocycles. The van der Waals surface area contributed by atoms with Gasteiger partial charge in [0.25, 0.3) is 0 Å². The summed E-state index contributed by atoms with van der Waals surface area (Å²) in [4.78, 5) is 3.95. The van der Waals surface area contributed by atoms with Gasteiger partial charge in [-0.05, 0) is 44.4 Å². The van der Waals surface area contributed by atoms with Crippen LogP contribution in [-0.2, 0) is 10.2 Å². The third-order valence-electron chi connectivity index (χ3n) is 3.33. The normalized spacial score (nSPS) is 15.6. The Kier molecular flexibility index (Phi) is 4.95. The van der Waals surface area contributed by atoms with Crippen molar-refractivity contribution in [3.05, 3.63) is 24.0 Å². The molecule has 6 nitrogen and oxygen atoms in total. The van der Waals surface area contributed by atoms with E-state index in [-0.39, 0.29) is 0 Å². The Morgan fingerprint density at radius 2 is 2.20 bits per heavy atom. The maximum absolute atomic E-state index is 12.2. The van der Waals surface area contributed by atoms with Crippen LogP contribution in [0, 0.1) is 6.92 Å². The van der Waals surface area contributed by atoms with Crippen LogP contribution in [0.1, 0.15) is 24.8 Å². The first-order chi connectivity index (χ1) is 9.49. The van der Waals surface area contributed by atoms with E-state index in [1.807, 2.05) is 6.92 Å². The fraction of sp³-hybridized carbons (Fsp3) is 0.615. The predicted octanol–water partition coefficient (Wildman–Crippen LogP) is 1.12. The molecule has 1 aliphatic rings. The molecule has 112 valence electrons. The fourth-order valence-electron chi connectivity index (χ4n) is 1.82. The first-order valence-corrected chi connectivity index (χ1v) is 8.31. The van der Waals surface area contributed by atoms with Crippen LogP contribution in [0.15, 0.2) is 18.5 Å². The number of anilines is 1. The molecule has 2 N–H and O–H groups in total. The average Bonchev–Trinajstić information content (AvgIpc) is 3.21. The van der Waals surface area contributed by atoms with Crippen molar-refractivity contribution in [1.29, 1.82) is 0 Å². The highest BCUT2D eigenvalue weighted by Crippen LogP contribution is 2.18. The molecule has 0 aliphatic heterocycles. The van der Waals surface area contributed by atoms with Gasteiger partial charge in [-0.15, -0.1) is 0 Å². The zero-order chi connectivity index (χ0) is 14.6. The molecule has 1 aromatic rings. The van der Waals surface area contributed by atoms with Gasteiger partial charge in [-0.2, -0.15) is 12.7 Å². The minimum atomic E-state index is -3.49. The highest BCUT2D eigenvalue weighted by atomic mass is 32.2. The smallest absolute Gasteiger partial charge is 0.301 e. The molecular formula is C13H22N4O2S. The summed E-state index contributed by atoms with van der Waals surface area (Å²) in [7, 11) is -1.90. The quantitative estimate of drug-likeness (QED) is 0.705. The van der Waals surface area contributed by atoms with Gasteiger partial charge < -0.3 is 5.32 Å². The first-order valence-electron chi connectivity index (χ1n) is 6.87. The van der Waals surface area contributed by atoms with E-state index in [4.69, 9.17) is 0 Å². The van der Waals surface area contributed by atoms with Gasteiger partial charge >= 0.3 is 10.2 Å². The topological polar surface area (TPSA) is 74.3 Å². The summed E-state index contributed by atoms with van der Waals surface area (Å²) >= 11 is 0. The van der Waals surface area contributed by atoms with Gasteiger partial charge in [0.1, 0.15) is 0 Å². The zero-order valence-corrected chi connectivity index (χ0v) is 12.8. The molecule has 1 aromatic heterocycles. The Bertz CT molecular complexity index is 543. The summed E-state index contributed by atoms with van der Waals surface area (Å²) in [6.45, 7) is 3.18. The molecule has 1 fully saturated rings. The van der Waals surface area contributed by atoms with Crippen molar-refractivity contribution in [2.75, 3.05) is 24.9 Å². The van der Waals surface area contributed by atoms with Gasteiger partial charge in [-0.1, -0.05) is 0 Å². The van der Waals surface area contributed by atoms with Crippen molar-refractivity contribution >= 4 is 15.9 Å². The van der Waals surface area contributed by atoms with Crippen molar-refractivity contribution < 1.29 is 8.42 Å². The van der Waals surface area contributed by atoms with E-state index in [9.17, 15) is 8.42 Å². The molecule has 1 heterocycles. The molecule has 2 rings (SSSR count). The number of aromatic nitrogens is 1. The minimum absolute atomic E-state index is 0.499. The summed E-state index contributed by atoms with van der Waals surface area (Å²) in [5, 5.41) is 3.37. The molecule has 0 unspecified atom stereocenters. The van der Waals surface area contributed by atoms with E-state index in [0.717, 1.165) is 18.5 Å². The van der Waals surface area contributed by atoms with E-state index in [1.54, 1.807) is 25.5 Å². The lowest BCUT2D eigenvalue weighted by molar-refractivity contribution is 0.458. The van der Waals surface area contributed by atoms with Gasteiger partial charge in [0.05, 0.1) is 5.69 Å². The van der Waals surface area contributed by atoms with E-state index in [0.29, 0.717) is 18.3 Å². The number of rotatable bonds is 8. The van der Waals surface area contributed by atoms with E-state index < -0.39 is 10.2 Å². The molecule has 0 saturated heterocycles. The highest BCUT2D eigenvalue weighted by molar-refractivity contribution is 7.90. The maximum atomic E-state index is 12.2. The second kappa shape index (κ2) is 6.51. The summed E-state index contributed by atoms with van der Waals surface area (Å²) in [5.74, 6) is 0. The summed E-state index contributed by atoms with van der Waals surface area (Å²) in [5.41, 5.74) is 1.38. The van der Waals surface area contributed by atoms with Crippen LogP contribution in [0.5, 0.6) is 0 Å². The van der Waals surface area contributed by atoms with Gasteiger partial charge in [0.2, 0.25) is 0 Å². The monoisotopic (exact) mass is 298 g/mol. The summed E-state index contributed by atoms with van der Waals surface area (Å²) < 4.78 is 28.3. The van der Waals surface area contributed by atoms with Crippen molar-refractivity contribution in [3.63, 3.8) is 0 Å². The Balaban J connectivity index is 1.83. The third-order valence-corrected chi connectivity index (χ3v) is 4.81. The van der Waals surface area contributed by atoms with Crippen molar-refractivity contribution in [2.45, 2.75) is 32.2 Å². The van der Waals surface area contributed by atoms with E-state index in [2.05, 4.69) is 15.0 Å². The second-order valence-corrected chi connectivity index (χ2v) is 6.98. The fourth-order valence-corrected chi connectivity index (χ4v) is 2.85. The van der Waals surface area contributed by atoms with Crippen LogP contribution in [0.3, 0.4) is 0 Å². The van der Waals surface area contributed by atoms with Gasteiger partial charge in [0, 0.05) is 32.0 Å². The number of hydrogen-bond donors (Lipinski definition) is 2. The number of hydrogen-bond acceptors (Lipinski definition) is 4. The molecule has 20 heavy (non-hydrogen) atoms. The number of nitrogens with zero attached hydrogens (tertiary/aromatic N) is 2. The maximum Gasteiger partial charge on any atom is 0.301 e. The Morgan fingerprint density at radius 1 is 1.45 bits per heavy atom. The standard InChI is InChI=1S/C13H22N4O2S/c1-11-10-14-8-6-13(11)16-20(18,19)17(2)9-3-7-15-12-4-5-12/h6,8,10,12,15H,3-5,7,9H2,1-2H3,(H,14,16). The lowest BCUT2D eigenvalue weighted by atomic mass is 10.3. The molecule has 0 radical (unpaired) electrons. The van der Waals surface area contributed by atoms with Crippen LogP contribution < -0.4 is 10.0 Å². The average molecular weight is 298 g/mol. The SMILES string of the molecule is Cc1cnccc1NS(=O)(=O)N(C)CCCNC1CC1. The van der Waals surface area contributed by atoms with Gasteiger partial charge in [-0.3, -0.25) is 9.71 Å². The molecule has 0 atom stereocenters. The van der Waals surface area contributed by atoms with Gasteiger partial charge in [-0.25, -0.2) is 0 Å². The van der Waals surface area contributed by atoms with Crippen LogP contribution in [0.2, 0.25) is 0 Å². The van der Waals surface area contributed by atoms with E-state index in [1.165, 1.54) is 17.1 Å². The third kappa shape index (κ3) is 4.43. The number of nitrogens with one attached hydrogen (secondary N) is 2.